The van der Waals surface area contributed by atoms with Crippen LogP contribution in [0.15, 0.2) is 18.2 Å². The van der Waals surface area contributed by atoms with Crippen molar-refractivity contribution in [3.05, 3.63) is 33.9 Å². The van der Waals surface area contributed by atoms with Crippen LogP contribution in [0.1, 0.15) is 19.4 Å². The minimum atomic E-state index is -0.712. The van der Waals surface area contributed by atoms with Crippen LogP contribution in [0.5, 0.6) is 5.75 Å². The second-order valence-corrected chi connectivity index (χ2v) is 3.83. The van der Waals surface area contributed by atoms with E-state index >= 15 is 0 Å². The zero-order valence-corrected chi connectivity index (χ0v) is 9.79. The Labute approximate surface area is 99.2 Å². The van der Waals surface area contributed by atoms with Gasteiger partial charge < -0.3 is 15.6 Å². The molecule has 3 N–H and O–H groups in total. The van der Waals surface area contributed by atoms with E-state index < -0.39 is 17.1 Å². The molecule has 0 aliphatic heterocycles. The molecule has 17 heavy (non-hydrogen) atoms. The Morgan fingerprint density at radius 2 is 2.18 bits per heavy atom. The highest BCUT2D eigenvalue weighted by Gasteiger charge is 2.19. The predicted octanol–water partition coefficient (Wildman–Crippen LogP) is 1.20. The maximum Gasteiger partial charge on any atom is 0.310 e. The topological polar surface area (TPSA) is 98.6 Å². The summed E-state index contributed by atoms with van der Waals surface area (Å²) in [5, 5.41) is 20.1. The molecule has 0 amide bonds. The molecule has 0 saturated carbocycles. The standard InChI is InChI=1S/C11H16N2O4/c1-7(14)8(2)17-11-5-9(6-12)3-4-10(11)13(15)16/h3-5,7-8,14H,6,12H2,1-2H3. The summed E-state index contributed by atoms with van der Waals surface area (Å²) < 4.78 is 5.36. The molecular weight excluding hydrogens is 224 g/mol. The summed E-state index contributed by atoms with van der Waals surface area (Å²) in [6, 6.07) is 4.46. The first-order valence-electron chi connectivity index (χ1n) is 5.27. The van der Waals surface area contributed by atoms with E-state index in [9.17, 15) is 15.2 Å². The fourth-order valence-electron chi connectivity index (χ4n) is 1.23. The summed E-state index contributed by atoms with van der Waals surface area (Å²) in [6.07, 6.45) is -1.24. The van der Waals surface area contributed by atoms with Gasteiger partial charge in [0.25, 0.3) is 0 Å². The number of nitrogens with two attached hydrogens (primary N) is 1. The van der Waals surface area contributed by atoms with Crippen LogP contribution in [-0.2, 0) is 6.54 Å². The van der Waals surface area contributed by atoms with Crippen molar-refractivity contribution in [1.29, 1.82) is 0 Å². The first kappa shape index (κ1) is 13.4. The highest BCUT2D eigenvalue weighted by Crippen LogP contribution is 2.29. The number of nitrogens with zero attached hydrogens (tertiary/aromatic N) is 1. The zero-order valence-electron chi connectivity index (χ0n) is 9.79. The minimum Gasteiger partial charge on any atom is -0.481 e. The summed E-state index contributed by atoms with van der Waals surface area (Å²) in [6.45, 7) is 3.48. The largest absolute Gasteiger partial charge is 0.481 e. The third kappa shape index (κ3) is 3.40. The SMILES string of the molecule is CC(O)C(C)Oc1cc(CN)ccc1[N+](=O)[O-]. The Morgan fingerprint density at radius 1 is 1.53 bits per heavy atom. The van der Waals surface area contributed by atoms with E-state index in [1.807, 2.05) is 0 Å². The molecule has 1 rings (SSSR count). The van der Waals surface area contributed by atoms with E-state index in [2.05, 4.69) is 0 Å². The summed E-state index contributed by atoms with van der Waals surface area (Å²) in [4.78, 5) is 10.3. The van der Waals surface area contributed by atoms with E-state index in [-0.39, 0.29) is 18.0 Å². The van der Waals surface area contributed by atoms with Gasteiger partial charge in [0.1, 0.15) is 6.10 Å². The number of nitro groups is 1. The Kier molecular flexibility index (Phi) is 4.42. The predicted molar refractivity (Wildman–Crippen MR) is 62.8 cm³/mol. The average Bonchev–Trinajstić information content (AvgIpc) is 2.28. The molecule has 0 aliphatic carbocycles. The highest BCUT2D eigenvalue weighted by atomic mass is 16.6. The quantitative estimate of drug-likeness (QED) is 0.595. The third-order valence-corrected chi connectivity index (χ3v) is 2.45. The summed E-state index contributed by atoms with van der Waals surface area (Å²) in [5.74, 6) is 0.131. The molecule has 0 heterocycles. The van der Waals surface area contributed by atoms with Crippen LogP contribution in [-0.4, -0.2) is 22.2 Å². The van der Waals surface area contributed by atoms with Crippen molar-refractivity contribution in [2.45, 2.75) is 32.6 Å². The fourth-order valence-corrected chi connectivity index (χ4v) is 1.23. The van der Waals surface area contributed by atoms with Gasteiger partial charge in [0.15, 0.2) is 5.75 Å². The van der Waals surface area contributed by atoms with Crippen molar-refractivity contribution in [3.8, 4) is 5.75 Å². The maximum atomic E-state index is 10.8. The Bertz CT molecular complexity index is 406. The van der Waals surface area contributed by atoms with Crippen LogP contribution in [0.3, 0.4) is 0 Å². The van der Waals surface area contributed by atoms with Gasteiger partial charge in [-0.1, -0.05) is 6.07 Å². The fraction of sp³-hybridized carbons (Fsp3) is 0.455. The van der Waals surface area contributed by atoms with Crippen LogP contribution in [0.25, 0.3) is 0 Å². The molecule has 94 valence electrons. The van der Waals surface area contributed by atoms with Crippen molar-refractivity contribution in [2.24, 2.45) is 5.73 Å². The van der Waals surface area contributed by atoms with E-state index in [4.69, 9.17) is 10.5 Å². The Hall–Kier alpha value is -1.66. The molecule has 1 aromatic rings. The van der Waals surface area contributed by atoms with Gasteiger partial charge in [0.05, 0.1) is 11.0 Å². The number of hydrogen-bond donors (Lipinski definition) is 2. The van der Waals surface area contributed by atoms with Gasteiger partial charge in [-0.15, -0.1) is 0 Å². The van der Waals surface area contributed by atoms with Crippen molar-refractivity contribution in [2.75, 3.05) is 0 Å². The molecule has 0 bridgehead atoms. The number of aliphatic hydroxyl groups excluding tert-OH is 1. The number of benzene rings is 1. The first-order valence-corrected chi connectivity index (χ1v) is 5.27. The minimum absolute atomic E-state index is 0.130. The molecule has 0 radical (unpaired) electrons. The van der Waals surface area contributed by atoms with Gasteiger partial charge in [0.2, 0.25) is 0 Å². The Morgan fingerprint density at radius 3 is 2.65 bits per heavy atom. The second kappa shape index (κ2) is 5.60. The van der Waals surface area contributed by atoms with Crippen LogP contribution in [0, 0.1) is 10.1 Å². The summed E-state index contributed by atoms with van der Waals surface area (Å²) >= 11 is 0. The van der Waals surface area contributed by atoms with Gasteiger partial charge in [-0.2, -0.15) is 0 Å². The lowest BCUT2D eigenvalue weighted by atomic mass is 10.2. The molecule has 6 heteroatoms. The first-order chi connectivity index (χ1) is 7.95. The molecule has 2 unspecified atom stereocenters. The molecule has 0 aliphatic rings. The number of aliphatic hydroxyl groups is 1. The van der Waals surface area contributed by atoms with Crippen LogP contribution < -0.4 is 10.5 Å². The summed E-state index contributed by atoms with van der Waals surface area (Å²) in [7, 11) is 0. The van der Waals surface area contributed by atoms with Crippen LogP contribution in [0.2, 0.25) is 0 Å². The van der Waals surface area contributed by atoms with Crippen molar-refractivity contribution in [1.82, 2.24) is 0 Å². The number of hydrogen-bond acceptors (Lipinski definition) is 5. The molecular formula is C11H16N2O4. The van der Waals surface area contributed by atoms with Gasteiger partial charge >= 0.3 is 5.69 Å². The van der Waals surface area contributed by atoms with E-state index in [1.165, 1.54) is 12.1 Å². The maximum absolute atomic E-state index is 10.8. The Balaban J connectivity index is 3.05. The molecule has 0 fully saturated rings. The molecule has 1 aromatic carbocycles. The number of rotatable bonds is 5. The van der Waals surface area contributed by atoms with Crippen LogP contribution >= 0.6 is 0 Å². The van der Waals surface area contributed by atoms with Crippen molar-refractivity contribution >= 4 is 5.69 Å². The third-order valence-electron chi connectivity index (χ3n) is 2.45. The second-order valence-electron chi connectivity index (χ2n) is 3.83. The smallest absolute Gasteiger partial charge is 0.310 e. The number of ether oxygens (including phenoxy) is 1. The normalized spacial score (nSPS) is 14.1. The lowest BCUT2D eigenvalue weighted by Crippen LogP contribution is -2.26. The molecule has 0 aromatic heterocycles. The van der Waals surface area contributed by atoms with Gasteiger partial charge in [-0.25, -0.2) is 0 Å². The summed E-state index contributed by atoms with van der Waals surface area (Å²) in [5.41, 5.74) is 6.07. The molecule has 6 nitrogen and oxygen atoms in total. The average molecular weight is 240 g/mol. The molecule has 2 atom stereocenters. The van der Waals surface area contributed by atoms with Crippen LogP contribution in [0.4, 0.5) is 5.69 Å². The van der Waals surface area contributed by atoms with E-state index in [0.29, 0.717) is 0 Å². The van der Waals surface area contributed by atoms with Crippen molar-refractivity contribution in [3.63, 3.8) is 0 Å². The van der Waals surface area contributed by atoms with E-state index in [1.54, 1.807) is 19.9 Å². The molecule has 0 saturated heterocycles. The van der Waals surface area contributed by atoms with E-state index in [0.717, 1.165) is 5.56 Å². The zero-order chi connectivity index (χ0) is 13.0. The van der Waals surface area contributed by atoms with Gasteiger partial charge in [0, 0.05) is 12.6 Å². The lowest BCUT2D eigenvalue weighted by Gasteiger charge is -2.17. The highest BCUT2D eigenvalue weighted by molar-refractivity contribution is 5.48. The van der Waals surface area contributed by atoms with Gasteiger partial charge in [-0.3, -0.25) is 10.1 Å². The van der Waals surface area contributed by atoms with Gasteiger partial charge in [-0.05, 0) is 25.5 Å². The number of nitro benzene ring substituents is 1. The lowest BCUT2D eigenvalue weighted by molar-refractivity contribution is -0.386. The molecule has 0 spiro atoms. The monoisotopic (exact) mass is 240 g/mol. The van der Waals surface area contributed by atoms with Crippen molar-refractivity contribution < 1.29 is 14.8 Å².